The molecule has 4 aliphatic rings. The number of carbonyl (C=O) groups excluding carboxylic acids is 2. The molecule has 7 rings (SSSR count). The first-order valence-corrected chi connectivity index (χ1v) is 19.0. The largest absolute Gasteiger partial charge is 0.492 e. The van der Waals surface area contributed by atoms with Gasteiger partial charge in [0.15, 0.2) is 0 Å². The van der Waals surface area contributed by atoms with Gasteiger partial charge in [0.2, 0.25) is 11.8 Å². The maximum absolute atomic E-state index is 15.2. The highest BCUT2D eigenvalue weighted by Gasteiger charge is 2.29. The fourth-order valence-electron chi connectivity index (χ4n) is 7.45. The number of carbonyl (C=O) groups is 2. The second-order valence-corrected chi connectivity index (χ2v) is 15.0. The van der Waals surface area contributed by atoms with Crippen LogP contribution in [0.1, 0.15) is 44.3 Å². The Hall–Kier alpha value is -3.79. The van der Waals surface area contributed by atoms with Crippen molar-refractivity contribution in [3.63, 3.8) is 0 Å². The number of halogens is 2. The van der Waals surface area contributed by atoms with E-state index in [2.05, 4.69) is 35.3 Å². The number of aromatic nitrogens is 2. The summed E-state index contributed by atoms with van der Waals surface area (Å²) in [7, 11) is 0. The van der Waals surface area contributed by atoms with E-state index in [9.17, 15) is 18.8 Å². The summed E-state index contributed by atoms with van der Waals surface area (Å²) >= 11 is 1.74. The predicted octanol–water partition coefficient (Wildman–Crippen LogP) is 3.50. The number of thioether (sulfide) groups is 1. The third-order valence-corrected chi connectivity index (χ3v) is 11.7. The van der Waals surface area contributed by atoms with Gasteiger partial charge in [-0.25, -0.2) is 13.8 Å². The van der Waals surface area contributed by atoms with Crippen LogP contribution >= 0.6 is 11.8 Å². The molecule has 0 aliphatic carbocycles. The van der Waals surface area contributed by atoms with E-state index in [1.165, 1.54) is 12.1 Å². The fraction of sp³-hybridized carbons (Fsp3) is 0.556. The van der Waals surface area contributed by atoms with Crippen molar-refractivity contribution >= 4 is 45.9 Å². The molecule has 0 saturated carbocycles. The molecule has 1 unspecified atom stereocenters. The number of imide groups is 1. The number of hydrogen-bond acceptors (Lipinski definition) is 11. The quantitative estimate of drug-likeness (QED) is 0.251. The predicted molar refractivity (Wildman–Crippen MR) is 192 cm³/mol. The molecule has 2 amide bonds. The lowest BCUT2D eigenvalue weighted by Crippen LogP contribution is -2.53. The molecule has 4 fully saturated rings. The molecule has 2 aromatic carbocycles. The Morgan fingerprint density at radius 3 is 2.47 bits per heavy atom. The van der Waals surface area contributed by atoms with Crippen LogP contribution in [-0.4, -0.2) is 115 Å². The molecule has 51 heavy (non-hydrogen) atoms. The average Bonchev–Trinajstić information content (AvgIpc) is 3.13. The van der Waals surface area contributed by atoms with Crippen molar-refractivity contribution in [1.29, 1.82) is 0 Å². The number of nitrogens with one attached hydrogen (secondary N) is 3. The lowest BCUT2D eigenvalue weighted by atomic mass is 10.0. The van der Waals surface area contributed by atoms with Crippen molar-refractivity contribution in [3.05, 3.63) is 58.1 Å². The minimum Gasteiger partial charge on any atom is -0.492 e. The molecular weight excluding hydrogens is 681 g/mol. The van der Waals surface area contributed by atoms with E-state index >= 15 is 4.39 Å². The standard InChI is InChI=1S/C36H45F2N7O5S/c37-27-19-23(39-29-2-4-33(46)42-35(29)47)1-3-31(27)45-13-11-44(12-14-45)24-5-9-43(10-6-24)15-18-50-25-20-28(38)34-30(21-25)40-32(41-36(34)48)22-51-26-7-16-49-17-8-26/h1,3,19-21,24,26,29,39H,2,4-18,22H2,(H,40,41,48)(H,42,46,47). The topological polar surface area (TPSA) is 132 Å². The van der Waals surface area contributed by atoms with Gasteiger partial charge in [-0.1, -0.05) is 0 Å². The Kier molecular flexibility index (Phi) is 11.4. The molecule has 274 valence electrons. The van der Waals surface area contributed by atoms with Crippen molar-refractivity contribution in [2.45, 2.75) is 61.6 Å². The summed E-state index contributed by atoms with van der Waals surface area (Å²) in [4.78, 5) is 50.4. The van der Waals surface area contributed by atoms with Gasteiger partial charge in [0.25, 0.3) is 5.56 Å². The van der Waals surface area contributed by atoms with E-state index in [1.54, 1.807) is 30.0 Å². The summed E-state index contributed by atoms with van der Waals surface area (Å²) in [5.41, 5.74) is 0.902. The van der Waals surface area contributed by atoms with Gasteiger partial charge >= 0.3 is 0 Å². The Morgan fingerprint density at radius 1 is 0.941 bits per heavy atom. The fourth-order valence-corrected chi connectivity index (χ4v) is 8.51. The maximum atomic E-state index is 15.2. The number of likely N-dealkylation sites (tertiary alicyclic amines) is 1. The second kappa shape index (κ2) is 16.3. The molecule has 1 atom stereocenters. The van der Waals surface area contributed by atoms with Gasteiger partial charge in [0.05, 0.1) is 17.0 Å². The van der Waals surface area contributed by atoms with E-state index in [0.717, 1.165) is 78.2 Å². The number of rotatable bonds is 11. The summed E-state index contributed by atoms with van der Waals surface area (Å²) in [5, 5.41) is 5.77. The molecule has 3 aromatic rings. The van der Waals surface area contributed by atoms with Crippen molar-refractivity contribution in [3.8, 4) is 5.75 Å². The average molecular weight is 726 g/mol. The first-order valence-electron chi connectivity index (χ1n) is 17.9. The number of ether oxygens (including phenoxy) is 2. The van der Waals surface area contributed by atoms with Crippen LogP contribution in [0.15, 0.2) is 35.1 Å². The number of piperidine rings is 2. The van der Waals surface area contributed by atoms with Crippen molar-refractivity contribution in [2.24, 2.45) is 0 Å². The molecule has 0 spiro atoms. The first-order chi connectivity index (χ1) is 24.8. The van der Waals surface area contributed by atoms with E-state index in [0.29, 0.717) is 65.1 Å². The van der Waals surface area contributed by atoms with Crippen LogP contribution in [0, 0.1) is 11.6 Å². The molecule has 3 N–H and O–H groups in total. The Balaban J connectivity index is 0.843. The third kappa shape index (κ3) is 8.82. The summed E-state index contributed by atoms with van der Waals surface area (Å²) in [6, 6.07) is 7.79. The monoisotopic (exact) mass is 725 g/mol. The first kappa shape index (κ1) is 35.6. The summed E-state index contributed by atoms with van der Waals surface area (Å²) < 4.78 is 41.5. The number of benzene rings is 2. The van der Waals surface area contributed by atoms with Crippen LogP contribution < -0.4 is 25.8 Å². The number of hydrogen-bond donors (Lipinski definition) is 3. The van der Waals surface area contributed by atoms with Gasteiger partial charge < -0.3 is 24.7 Å². The number of nitrogens with zero attached hydrogens (tertiary/aromatic N) is 4. The van der Waals surface area contributed by atoms with Crippen LogP contribution in [0.5, 0.6) is 5.75 Å². The van der Waals surface area contributed by atoms with Crippen LogP contribution in [0.2, 0.25) is 0 Å². The summed E-state index contributed by atoms with van der Waals surface area (Å²) in [5.74, 6) is -0.188. The molecule has 15 heteroatoms. The highest BCUT2D eigenvalue weighted by molar-refractivity contribution is 7.99. The zero-order valence-electron chi connectivity index (χ0n) is 28.6. The van der Waals surface area contributed by atoms with E-state index in [1.807, 2.05) is 0 Å². The molecule has 4 aliphatic heterocycles. The van der Waals surface area contributed by atoms with Gasteiger partial charge in [-0.2, -0.15) is 11.8 Å². The smallest absolute Gasteiger partial charge is 0.261 e. The highest BCUT2D eigenvalue weighted by atomic mass is 32.2. The molecular formula is C36H45F2N7O5S. The molecule has 0 radical (unpaired) electrons. The summed E-state index contributed by atoms with van der Waals surface area (Å²) in [6.07, 6.45) is 4.65. The van der Waals surface area contributed by atoms with Crippen molar-refractivity contribution in [1.82, 2.24) is 25.1 Å². The molecule has 4 saturated heterocycles. The van der Waals surface area contributed by atoms with Gasteiger partial charge in [0, 0.05) is 81.5 Å². The Labute approximate surface area is 299 Å². The van der Waals surface area contributed by atoms with Crippen LogP contribution in [0.25, 0.3) is 10.9 Å². The number of amides is 2. The highest BCUT2D eigenvalue weighted by Crippen LogP contribution is 2.28. The SMILES string of the molecule is O=C1CCC(Nc2ccc(N3CCN(C4CCN(CCOc5cc(F)c6c(=O)[nH]c(CSC7CCOCC7)nc6c5)CC4)CC3)c(F)c2)C(=O)N1. The van der Waals surface area contributed by atoms with Crippen LogP contribution in [-0.2, 0) is 20.1 Å². The molecule has 1 aromatic heterocycles. The second-order valence-electron chi connectivity index (χ2n) is 13.7. The zero-order chi connectivity index (χ0) is 35.3. The van der Waals surface area contributed by atoms with Crippen LogP contribution in [0.3, 0.4) is 0 Å². The summed E-state index contributed by atoms with van der Waals surface area (Å²) in [6.45, 7) is 7.63. The number of anilines is 2. The van der Waals surface area contributed by atoms with Crippen molar-refractivity contribution in [2.75, 3.05) is 75.9 Å². The number of aromatic amines is 1. The number of piperazine rings is 1. The normalized spacial score (nSPS) is 21.6. The lowest BCUT2D eigenvalue weighted by Gasteiger charge is -2.43. The van der Waals surface area contributed by atoms with Gasteiger partial charge in [-0.15, -0.1) is 0 Å². The third-order valence-electron chi connectivity index (χ3n) is 10.3. The Bertz CT molecular complexity index is 1770. The Morgan fingerprint density at radius 2 is 1.73 bits per heavy atom. The van der Waals surface area contributed by atoms with Gasteiger partial charge in [0.1, 0.15) is 41.2 Å². The van der Waals surface area contributed by atoms with Crippen LogP contribution in [0.4, 0.5) is 20.2 Å². The lowest BCUT2D eigenvalue weighted by molar-refractivity contribution is -0.133. The van der Waals surface area contributed by atoms with Gasteiger partial charge in [-0.05, 0) is 63.4 Å². The van der Waals surface area contributed by atoms with Gasteiger partial charge in [-0.3, -0.25) is 29.5 Å². The zero-order valence-corrected chi connectivity index (χ0v) is 29.5. The molecule has 0 bridgehead atoms. The minimum absolute atomic E-state index is 0.0487. The van der Waals surface area contributed by atoms with E-state index < -0.39 is 17.4 Å². The van der Waals surface area contributed by atoms with E-state index in [-0.39, 0.29) is 29.4 Å². The minimum atomic E-state index is -0.637. The number of fused-ring (bicyclic) bond motifs is 1. The van der Waals surface area contributed by atoms with Crippen molar-refractivity contribution < 1.29 is 27.8 Å². The molecule has 5 heterocycles. The van der Waals surface area contributed by atoms with E-state index in [4.69, 9.17) is 9.47 Å². The molecule has 12 nitrogen and oxygen atoms in total. The maximum Gasteiger partial charge on any atom is 0.261 e. The number of H-pyrrole nitrogens is 1.